The van der Waals surface area contributed by atoms with Crippen molar-refractivity contribution in [2.75, 3.05) is 5.32 Å². The van der Waals surface area contributed by atoms with E-state index in [0.29, 0.717) is 16.7 Å². The van der Waals surface area contributed by atoms with E-state index in [1.165, 1.54) is 12.1 Å². The summed E-state index contributed by atoms with van der Waals surface area (Å²) in [6.45, 7) is 7.59. The van der Waals surface area contributed by atoms with Gasteiger partial charge in [-0.3, -0.25) is 0 Å². The van der Waals surface area contributed by atoms with Gasteiger partial charge in [0.05, 0.1) is 15.9 Å². The highest BCUT2D eigenvalue weighted by Gasteiger charge is 2.59. The van der Waals surface area contributed by atoms with Gasteiger partial charge in [-0.25, -0.2) is 21.8 Å². The molecule has 54 heavy (non-hydrogen) atoms. The smallest absolute Gasteiger partial charge is 0.456 e. The van der Waals surface area contributed by atoms with E-state index in [1.54, 1.807) is 36.4 Å². The minimum Gasteiger partial charge on any atom is -0.456 e. The number of halogens is 6. The minimum absolute atomic E-state index is 0.0582. The Hall–Kier alpha value is -4.80. The topological polar surface area (TPSA) is 106 Å². The Bertz CT molecular complexity index is 2650. The molecule has 1 heterocycles. The van der Waals surface area contributed by atoms with E-state index < -0.39 is 51.3 Å². The average molecular weight is 805 g/mol. The van der Waals surface area contributed by atoms with Crippen LogP contribution in [0.2, 0.25) is 0 Å². The largest absolute Gasteiger partial charge is 0.499 e. The number of benzene rings is 5. The van der Waals surface area contributed by atoms with Crippen LogP contribution in [0.5, 0.6) is 0 Å². The van der Waals surface area contributed by atoms with Crippen LogP contribution in [0.4, 0.5) is 43.4 Å². The highest BCUT2D eigenvalue weighted by Crippen LogP contribution is 2.48. The number of nitrogens with zero attached hydrogens (tertiary/aromatic N) is 1. The summed E-state index contributed by atoms with van der Waals surface area (Å²) in [6.07, 6.45) is 0. The number of hydrogen-bond acceptors (Lipinski definition) is 8. The second-order valence-corrected chi connectivity index (χ2v) is 18.6. The number of rotatable bonds is 8. The van der Waals surface area contributed by atoms with Crippen LogP contribution in [0.15, 0.2) is 111 Å². The normalized spacial score (nSPS) is 13.8. The highest BCUT2D eigenvalue weighted by molar-refractivity contribution is 8.27. The zero-order valence-electron chi connectivity index (χ0n) is 28.8. The summed E-state index contributed by atoms with van der Waals surface area (Å²) in [4.78, 5) is 3.72. The van der Waals surface area contributed by atoms with Gasteiger partial charge in [0.1, 0.15) is 11.3 Å². The second-order valence-electron chi connectivity index (χ2n) is 12.5. The van der Waals surface area contributed by atoms with E-state index in [9.17, 15) is 43.2 Å². The van der Waals surface area contributed by atoms with E-state index >= 15 is 0 Å². The van der Waals surface area contributed by atoms with Gasteiger partial charge in [0.2, 0.25) is 13.8 Å². The Morgan fingerprint density at radius 3 is 1.93 bits per heavy atom. The van der Waals surface area contributed by atoms with Crippen LogP contribution in [0, 0.1) is 27.7 Å². The van der Waals surface area contributed by atoms with Gasteiger partial charge in [0.15, 0.2) is 0 Å². The number of sulfone groups is 2. The predicted molar refractivity (Wildman–Crippen MR) is 198 cm³/mol. The summed E-state index contributed by atoms with van der Waals surface area (Å²) in [6, 6.07) is 25.3. The third kappa shape index (κ3) is 7.46. The lowest BCUT2D eigenvalue weighted by molar-refractivity contribution is -0.0437. The summed E-state index contributed by atoms with van der Waals surface area (Å²) >= 11 is -1.78. The van der Waals surface area contributed by atoms with E-state index in [-0.39, 0.29) is 33.4 Å². The standard InChI is InChI=1S/C38H30F6N2O5S3/c1-21-9-7-10-22(2)34(21)45-25-15-17-27-30(19-25)51-31-20-26(46-35-23(3)11-8-12-24(35)4)16-18-28(31)33(27)29-13-5-6-14-32(29)53(47,48)36(52-37(39,40)41)54(49,50)38(42,43)44/h5-20,36,45H,1-4H3. The Kier molecular flexibility index (Phi) is 10.2. The van der Waals surface area contributed by atoms with Gasteiger partial charge in [-0.15, -0.1) is 0 Å². The first kappa shape index (κ1) is 38.9. The van der Waals surface area contributed by atoms with Gasteiger partial charge in [-0.1, -0.05) is 54.6 Å². The molecule has 2 aliphatic rings. The molecule has 0 amide bonds. The van der Waals surface area contributed by atoms with Gasteiger partial charge in [0.25, 0.3) is 9.84 Å². The number of anilines is 2. The van der Waals surface area contributed by atoms with Crippen molar-refractivity contribution >= 4 is 59.5 Å². The third-order valence-corrected chi connectivity index (χ3v) is 15.4. The number of fused-ring (bicyclic) bond motifs is 2. The minimum atomic E-state index is -6.93. The van der Waals surface area contributed by atoms with Crippen molar-refractivity contribution in [2.45, 2.75) is 47.5 Å². The Labute approximate surface area is 310 Å². The fourth-order valence-corrected chi connectivity index (χ4v) is 11.8. The molecular weight excluding hydrogens is 775 g/mol. The van der Waals surface area contributed by atoms with Crippen LogP contribution in [0.25, 0.3) is 33.4 Å². The van der Waals surface area contributed by atoms with Crippen LogP contribution in [0.3, 0.4) is 0 Å². The second kappa shape index (κ2) is 14.1. The number of alkyl halides is 6. The van der Waals surface area contributed by atoms with Crippen LogP contribution in [0.1, 0.15) is 22.3 Å². The summed E-state index contributed by atoms with van der Waals surface area (Å²) in [7, 11) is -12.9. The molecule has 16 heteroatoms. The molecular formula is C38H30F6N2O5S3. The quantitative estimate of drug-likeness (QED) is 0.121. The summed E-state index contributed by atoms with van der Waals surface area (Å²) < 4.78 is 138. The Morgan fingerprint density at radius 2 is 1.31 bits per heavy atom. The van der Waals surface area contributed by atoms with Gasteiger partial charge < -0.3 is 9.73 Å². The molecule has 0 radical (unpaired) electrons. The summed E-state index contributed by atoms with van der Waals surface area (Å²) in [5.74, 6) is 0.144. The molecule has 1 N–H and O–H groups in total. The third-order valence-electron chi connectivity index (χ3n) is 8.66. The van der Waals surface area contributed by atoms with Gasteiger partial charge in [-0.05, 0) is 92.0 Å². The number of hydrogen-bond donors (Lipinski definition) is 1. The maximum atomic E-state index is 14.0. The molecule has 0 bridgehead atoms. The average Bonchev–Trinajstić information content (AvgIpc) is 3.08. The predicted octanol–water partition coefficient (Wildman–Crippen LogP) is 10.7. The lowest BCUT2D eigenvalue weighted by Gasteiger charge is -2.23. The molecule has 0 spiro atoms. The molecule has 1 unspecified atom stereocenters. The molecule has 0 saturated heterocycles. The summed E-state index contributed by atoms with van der Waals surface area (Å²) in [5.41, 5.74) is -6.23. The van der Waals surface area contributed by atoms with Crippen molar-refractivity contribution in [3.05, 3.63) is 125 Å². The van der Waals surface area contributed by atoms with Crippen molar-refractivity contribution in [1.82, 2.24) is 0 Å². The van der Waals surface area contributed by atoms with E-state index in [4.69, 9.17) is 9.41 Å². The number of nitrogens with one attached hydrogen (secondary N) is 1. The van der Waals surface area contributed by atoms with Crippen molar-refractivity contribution < 1.29 is 47.6 Å². The van der Waals surface area contributed by atoms with Crippen molar-refractivity contribution in [3.8, 4) is 22.5 Å². The monoisotopic (exact) mass is 804 g/mol. The molecule has 4 aromatic rings. The fourth-order valence-electron chi connectivity index (χ4n) is 6.12. The van der Waals surface area contributed by atoms with Crippen LogP contribution in [-0.4, -0.2) is 31.8 Å². The van der Waals surface area contributed by atoms with Crippen molar-refractivity contribution in [3.63, 3.8) is 0 Å². The molecule has 0 aromatic heterocycles. The lowest BCUT2D eigenvalue weighted by atomic mass is 9.93. The van der Waals surface area contributed by atoms with Crippen LogP contribution < -0.4 is 10.7 Å². The zero-order chi connectivity index (χ0) is 39.4. The maximum absolute atomic E-state index is 14.0. The van der Waals surface area contributed by atoms with Crippen LogP contribution in [-0.2, 0) is 19.7 Å². The first-order chi connectivity index (χ1) is 25.2. The SMILES string of the molecule is Cc1cccc(C)c1N=c1ccc2c(-c3ccccc3S(=O)(=O)C(SC(F)(F)F)S(=O)(=O)C(F)(F)F)c3ccc(Nc4c(C)cccc4C)cc3oc-2c1. The molecule has 0 fully saturated rings. The lowest BCUT2D eigenvalue weighted by Crippen LogP contribution is -2.39. The first-order valence-electron chi connectivity index (χ1n) is 16.0. The van der Waals surface area contributed by atoms with Crippen LogP contribution >= 0.6 is 11.8 Å². The highest BCUT2D eigenvalue weighted by atomic mass is 32.3. The maximum Gasteiger partial charge on any atom is 0.499 e. The zero-order valence-corrected chi connectivity index (χ0v) is 31.2. The molecule has 0 saturated carbocycles. The first-order valence-corrected chi connectivity index (χ1v) is 20.0. The Morgan fingerprint density at radius 1 is 0.704 bits per heavy atom. The molecule has 1 aliphatic carbocycles. The summed E-state index contributed by atoms with van der Waals surface area (Å²) in [5, 5.41) is 4.00. The van der Waals surface area contributed by atoms with E-state index in [0.717, 1.165) is 40.1 Å². The molecule has 7 nitrogen and oxygen atoms in total. The van der Waals surface area contributed by atoms with E-state index in [1.807, 2.05) is 64.1 Å². The molecule has 1 atom stereocenters. The molecule has 6 rings (SSSR count). The number of para-hydroxylation sites is 2. The van der Waals surface area contributed by atoms with Gasteiger partial charge in [0, 0.05) is 45.6 Å². The molecule has 282 valence electrons. The number of aryl methyl sites for hydroxylation is 4. The Balaban J connectivity index is 1.66. The van der Waals surface area contributed by atoms with Gasteiger partial charge >= 0.3 is 11.0 Å². The molecule has 4 aromatic carbocycles. The van der Waals surface area contributed by atoms with Crippen molar-refractivity contribution in [2.24, 2.45) is 4.99 Å². The van der Waals surface area contributed by atoms with Gasteiger partial charge in [-0.2, -0.15) is 26.3 Å². The van der Waals surface area contributed by atoms with Crippen molar-refractivity contribution in [1.29, 1.82) is 0 Å². The fraction of sp³-hybridized carbons (Fsp3) is 0.184. The molecule has 1 aliphatic heterocycles. The van der Waals surface area contributed by atoms with E-state index in [2.05, 4.69) is 5.32 Å². The number of thioether (sulfide) groups is 1.